The zero-order valence-corrected chi connectivity index (χ0v) is 8.51. The molecule has 0 radical (unpaired) electrons. The van der Waals surface area contributed by atoms with Gasteiger partial charge in [-0.1, -0.05) is 0 Å². The summed E-state index contributed by atoms with van der Waals surface area (Å²) in [5, 5.41) is 4.01. The van der Waals surface area contributed by atoms with E-state index in [1.54, 1.807) is 25.4 Å². The van der Waals surface area contributed by atoms with Crippen molar-refractivity contribution in [3.63, 3.8) is 0 Å². The molecule has 2 aromatic rings. The molecule has 6 heteroatoms. The number of aromatic nitrogens is 4. The number of hydrogen-bond acceptors (Lipinski definition) is 5. The molecule has 0 spiro atoms. The lowest BCUT2D eigenvalue weighted by atomic mass is 10.4. The third-order valence-electron chi connectivity index (χ3n) is 1.84. The van der Waals surface area contributed by atoms with Crippen LogP contribution in [-0.4, -0.2) is 26.9 Å². The number of anilines is 1. The number of methoxy groups -OCH3 is 1. The van der Waals surface area contributed by atoms with E-state index in [9.17, 15) is 0 Å². The average Bonchev–Trinajstić information content (AvgIpc) is 2.64. The fourth-order valence-corrected chi connectivity index (χ4v) is 1.18. The zero-order chi connectivity index (χ0) is 10.8. The Morgan fingerprint density at radius 2 is 2.20 bits per heavy atom. The number of rotatable bonds is 2. The van der Waals surface area contributed by atoms with Gasteiger partial charge >= 0.3 is 0 Å². The van der Waals surface area contributed by atoms with Crippen LogP contribution in [0.1, 0.15) is 5.69 Å². The van der Waals surface area contributed by atoms with E-state index in [1.807, 2.05) is 6.92 Å². The van der Waals surface area contributed by atoms with Crippen LogP contribution in [0.5, 0.6) is 5.88 Å². The molecule has 2 aromatic heterocycles. The minimum atomic E-state index is 0.430. The van der Waals surface area contributed by atoms with Gasteiger partial charge in [-0.05, 0) is 6.92 Å². The molecule has 0 saturated carbocycles. The molecule has 0 aliphatic carbocycles. The Balaban J connectivity index is 2.48. The minimum absolute atomic E-state index is 0.430. The van der Waals surface area contributed by atoms with Crippen molar-refractivity contribution in [2.45, 2.75) is 6.92 Å². The van der Waals surface area contributed by atoms with Gasteiger partial charge in [-0.3, -0.25) is 0 Å². The van der Waals surface area contributed by atoms with Crippen LogP contribution in [0, 0.1) is 6.92 Å². The number of nitrogen functional groups attached to an aromatic ring is 1. The second kappa shape index (κ2) is 3.56. The first kappa shape index (κ1) is 9.45. The van der Waals surface area contributed by atoms with Crippen LogP contribution in [0.3, 0.4) is 0 Å². The molecule has 0 aliphatic heterocycles. The lowest BCUT2D eigenvalue weighted by Gasteiger charge is -2.03. The van der Waals surface area contributed by atoms with E-state index in [4.69, 9.17) is 10.5 Å². The topological polar surface area (TPSA) is 78.9 Å². The fourth-order valence-electron chi connectivity index (χ4n) is 1.18. The van der Waals surface area contributed by atoms with E-state index in [0.717, 1.165) is 5.69 Å². The average molecular weight is 205 g/mol. The van der Waals surface area contributed by atoms with Gasteiger partial charge in [-0.25, -0.2) is 9.67 Å². The monoisotopic (exact) mass is 205 g/mol. The second-order valence-electron chi connectivity index (χ2n) is 3.04. The highest BCUT2D eigenvalue weighted by Gasteiger charge is 2.05. The normalized spacial score (nSPS) is 10.3. The summed E-state index contributed by atoms with van der Waals surface area (Å²) in [6, 6.07) is 3.43. The molecular formula is C9H11N5O. The van der Waals surface area contributed by atoms with Crippen LogP contribution in [0.4, 0.5) is 5.82 Å². The Hall–Kier alpha value is -2.11. The van der Waals surface area contributed by atoms with Crippen molar-refractivity contribution in [3.8, 4) is 11.8 Å². The molecule has 0 unspecified atom stereocenters. The number of ether oxygens (including phenoxy) is 1. The van der Waals surface area contributed by atoms with Gasteiger partial charge in [0, 0.05) is 24.0 Å². The smallest absolute Gasteiger partial charge is 0.254 e. The maximum absolute atomic E-state index is 5.51. The van der Waals surface area contributed by atoms with Crippen molar-refractivity contribution in [3.05, 3.63) is 24.0 Å². The van der Waals surface area contributed by atoms with E-state index in [-0.39, 0.29) is 0 Å². The highest BCUT2D eigenvalue weighted by atomic mass is 16.5. The largest absolute Gasteiger partial charge is 0.481 e. The van der Waals surface area contributed by atoms with Crippen LogP contribution in [-0.2, 0) is 0 Å². The molecule has 2 rings (SSSR count). The summed E-state index contributed by atoms with van der Waals surface area (Å²) >= 11 is 0. The van der Waals surface area contributed by atoms with Crippen molar-refractivity contribution in [2.75, 3.05) is 12.8 Å². The summed E-state index contributed by atoms with van der Waals surface area (Å²) < 4.78 is 6.55. The second-order valence-corrected chi connectivity index (χ2v) is 3.04. The summed E-state index contributed by atoms with van der Waals surface area (Å²) in [6.45, 7) is 1.86. The molecule has 0 saturated heterocycles. The van der Waals surface area contributed by atoms with Gasteiger partial charge in [0.2, 0.25) is 5.88 Å². The van der Waals surface area contributed by atoms with Gasteiger partial charge < -0.3 is 10.5 Å². The van der Waals surface area contributed by atoms with Gasteiger partial charge in [0.1, 0.15) is 5.82 Å². The highest BCUT2D eigenvalue weighted by molar-refractivity contribution is 5.28. The SMILES string of the molecule is COc1cc(C)nc(-n2ccc(N)n2)n1. The van der Waals surface area contributed by atoms with Crippen LogP contribution in [0.15, 0.2) is 18.3 Å². The van der Waals surface area contributed by atoms with Crippen molar-refractivity contribution >= 4 is 5.82 Å². The van der Waals surface area contributed by atoms with Gasteiger partial charge in [0.25, 0.3) is 5.95 Å². The molecule has 15 heavy (non-hydrogen) atoms. The van der Waals surface area contributed by atoms with Crippen molar-refractivity contribution in [1.82, 2.24) is 19.7 Å². The lowest BCUT2D eigenvalue weighted by molar-refractivity contribution is 0.395. The van der Waals surface area contributed by atoms with Crippen molar-refractivity contribution in [2.24, 2.45) is 0 Å². The van der Waals surface area contributed by atoms with E-state index in [2.05, 4.69) is 15.1 Å². The van der Waals surface area contributed by atoms with E-state index in [0.29, 0.717) is 17.6 Å². The fraction of sp³-hybridized carbons (Fsp3) is 0.222. The van der Waals surface area contributed by atoms with Crippen LogP contribution in [0.25, 0.3) is 5.95 Å². The van der Waals surface area contributed by atoms with Gasteiger partial charge in [0.05, 0.1) is 7.11 Å². The number of aryl methyl sites for hydroxylation is 1. The molecule has 0 atom stereocenters. The third-order valence-corrected chi connectivity index (χ3v) is 1.84. The van der Waals surface area contributed by atoms with Gasteiger partial charge in [0.15, 0.2) is 0 Å². The maximum Gasteiger partial charge on any atom is 0.254 e. The summed E-state index contributed by atoms with van der Waals surface area (Å²) in [4.78, 5) is 8.37. The summed E-state index contributed by atoms with van der Waals surface area (Å²) in [6.07, 6.45) is 1.70. The first-order chi connectivity index (χ1) is 7.19. The maximum atomic E-state index is 5.51. The molecular weight excluding hydrogens is 194 g/mol. The molecule has 2 N–H and O–H groups in total. The number of nitrogens with two attached hydrogens (primary N) is 1. The number of hydrogen-bond donors (Lipinski definition) is 1. The van der Waals surface area contributed by atoms with Crippen LogP contribution >= 0.6 is 0 Å². The van der Waals surface area contributed by atoms with Gasteiger partial charge in [-0.15, -0.1) is 5.10 Å². The molecule has 0 amide bonds. The standard InChI is InChI=1S/C9H11N5O/c1-6-5-8(15-2)12-9(11-6)14-4-3-7(10)13-14/h3-5H,1-2H3,(H2,10,13). The van der Waals surface area contributed by atoms with E-state index < -0.39 is 0 Å². The molecule has 0 fully saturated rings. The predicted molar refractivity (Wildman–Crippen MR) is 54.9 cm³/mol. The quantitative estimate of drug-likeness (QED) is 0.775. The summed E-state index contributed by atoms with van der Waals surface area (Å²) in [5.41, 5.74) is 6.32. The molecule has 2 heterocycles. The molecule has 0 aromatic carbocycles. The molecule has 0 aliphatic rings. The molecule has 78 valence electrons. The van der Waals surface area contributed by atoms with Crippen LogP contribution < -0.4 is 10.5 Å². The van der Waals surface area contributed by atoms with Crippen molar-refractivity contribution in [1.29, 1.82) is 0 Å². The molecule has 0 bridgehead atoms. The van der Waals surface area contributed by atoms with E-state index >= 15 is 0 Å². The Bertz CT molecular complexity index is 479. The summed E-state index contributed by atoms with van der Waals surface area (Å²) in [5.74, 6) is 1.38. The lowest BCUT2D eigenvalue weighted by Crippen LogP contribution is -2.04. The third kappa shape index (κ3) is 1.88. The Morgan fingerprint density at radius 3 is 2.80 bits per heavy atom. The highest BCUT2D eigenvalue weighted by Crippen LogP contribution is 2.11. The van der Waals surface area contributed by atoms with Crippen molar-refractivity contribution < 1.29 is 4.74 Å². The van der Waals surface area contributed by atoms with Gasteiger partial charge in [-0.2, -0.15) is 4.98 Å². The zero-order valence-electron chi connectivity index (χ0n) is 8.51. The van der Waals surface area contributed by atoms with E-state index in [1.165, 1.54) is 4.68 Å². The Kier molecular flexibility index (Phi) is 2.24. The molecule has 6 nitrogen and oxygen atoms in total. The Morgan fingerprint density at radius 1 is 1.40 bits per heavy atom. The first-order valence-electron chi connectivity index (χ1n) is 4.40. The predicted octanol–water partition coefficient (Wildman–Crippen LogP) is 0.562. The first-order valence-corrected chi connectivity index (χ1v) is 4.40. The number of nitrogens with zero attached hydrogens (tertiary/aromatic N) is 4. The minimum Gasteiger partial charge on any atom is -0.481 e. The van der Waals surface area contributed by atoms with Crippen LogP contribution in [0.2, 0.25) is 0 Å². The Labute approximate surface area is 86.7 Å². The summed E-state index contributed by atoms with van der Waals surface area (Å²) in [7, 11) is 1.56.